The Hall–Kier alpha value is -3.14. The van der Waals surface area contributed by atoms with Crippen LogP contribution >= 0.6 is 0 Å². The van der Waals surface area contributed by atoms with E-state index in [-0.39, 0.29) is 23.7 Å². The molecule has 2 bridgehead atoms. The standard InChI is InChI=1S/C32H36F2N4O4/c33-28(34)23-12-19(13-23)14-27(39)38(24-3-1-2-22(15-24)25-16-26(41-36-25)20-4-5-20)17-31-8-10-32(11-9-31,40-18-31)30-35-29(37-42-30)21-6-7-21/h1-3,15-16,19-21,23,28H,4-14,17-18H2. The molecule has 4 saturated carbocycles. The van der Waals surface area contributed by atoms with Gasteiger partial charge in [-0.05, 0) is 82.3 Å². The molecule has 1 aromatic carbocycles. The first-order valence-electron chi connectivity index (χ1n) is 15.5. The zero-order valence-electron chi connectivity index (χ0n) is 23.6. The van der Waals surface area contributed by atoms with E-state index in [4.69, 9.17) is 18.8 Å². The van der Waals surface area contributed by atoms with Crippen molar-refractivity contribution < 1.29 is 27.4 Å². The summed E-state index contributed by atoms with van der Waals surface area (Å²) in [6.07, 6.45) is 6.55. The predicted octanol–water partition coefficient (Wildman–Crippen LogP) is 6.98. The Kier molecular flexibility index (Phi) is 6.28. The van der Waals surface area contributed by atoms with Crippen molar-refractivity contribution >= 4 is 11.6 Å². The first kappa shape index (κ1) is 26.5. The van der Waals surface area contributed by atoms with Gasteiger partial charge in [0.05, 0.1) is 6.61 Å². The predicted molar refractivity (Wildman–Crippen MR) is 148 cm³/mol. The molecule has 6 aliphatic rings. The van der Waals surface area contributed by atoms with Gasteiger partial charge in [0.15, 0.2) is 5.82 Å². The van der Waals surface area contributed by atoms with Crippen molar-refractivity contribution in [2.45, 2.75) is 94.5 Å². The third kappa shape index (κ3) is 4.85. The second-order valence-corrected chi connectivity index (χ2v) is 13.6. The SMILES string of the molecule is O=C(CC1CC(C(F)F)C1)N(CC12CCC(c3nc(C4CC4)no3)(CC1)OC2)c1cccc(-c2cc(C3CC3)on2)c1. The molecule has 4 heterocycles. The van der Waals surface area contributed by atoms with Crippen molar-refractivity contribution in [1.82, 2.24) is 15.3 Å². The molecule has 3 aromatic rings. The third-order valence-corrected chi connectivity index (χ3v) is 10.4. The van der Waals surface area contributed by atoms with Crippen molar-refractivity contribution in [2.24, 2.45) is 17.3 Å². The van der Waals surface area contributed by atoms with Crippen molar-refractivity contribution in [2.75, 3.05) is 18.1 Å². The Morgan fingerprint density at radius 2 is 1.79 bits per heavy atom. The first-order chi connectivity index (χ1) is 20.4. The molecule has 6 fully saturated rings. The Balaban J connectivity index is 1.03. The second kappa shape index (κ2) is 9.96. The van der Waals surface area contributed by atoms with Gasteiger partial charge in [-0.25, -0.2) is 8.78 Å². The van der Waals surface area contributed by atoms with Gasteiger partial charge in [0.1, 0.15) is 17.1 Å². The molecule has 0 unspecified atom stereocenters. The minimum atomic E-state index is -2.31. The van der Waals surface area contributed by atoms with E-state index in [9.17, 15) is 13.6 Å². The highest BCUT2D eigenvalue weighted by atomic mass is 19.3. The summed E-state index contributed by atoms with van der Waals surface area (Å²) in [7, 11) is 0. The van der Waals surface area contributed by atoms with Gasteiger partial charge in [0.25, 0.3) is 5.89 Å². The Labute approximate surface area is 243 Å². The second-order valence-electron chi connectivity index (χ2n) is 13.6. The highest BCUT2D eigenvalue weighted by molar-refractivity contribution is 5.94. The lowest BCUT2D eigenvalue weighted by atomic mass is 9.65. The number of rotatable bonds is 10. The summed E-state index contributed by atoms with van der Waals surface area (Å²) in [6, 6.07) is 9.89. The fourth-order valence-electron chi connectivity index (χ4n) is 7.17. The monoisotopic (exact) mass is 578 g/mol. The van der Waals surface area contributed by atoms with Gasteiger partial charge in [-0.3, -0.25) is 4.79 Å². The molecular formula is C32H36F2N4O4. The van der Waals surface area contributed by atoms with E-state index in [0.29, 0.717) is 43.7 Å². The number of nitrogens with zero attached hydrogens (tertiary/aromatic N) is 4. The van der Waals surface area contributed by atoms with Crippen LogP contribution < -0.4 is 4.90 Å². The number of benzene rings is 1. The molecule has 2 saturated heterocycles. The Morgan fingerprint density at radius 1 is 1.00 bits per heavy atom. The molecule has 10 heteroatoms. The minimum Gasteiger partial charge on any atom is -0.364 e. The van der Waals surface area contributed by atoms with Crippen LogP contribution in [0.25, 0.3) is 11.3 Å². The smallest absolute Gasteiger partial charge is 0.258 e. The number of aromatic nitrogens is 3. The van der Waals surface area contributed by atoms with Gasteiger partial charge in [-0.2, -0.15) is 4.98 Å². The van der Waals surface area contributed by atoms with E-state index in [1.165, 1.54) is 0 Å². The fraction of sp³-hybridized carbons (Fsp3) is 0.625. The van der Waals surface area contributed by atoms with Crippen molar-refractivity contribution in [3.63, 3.8) is 0 Å². The lowest BCUT2D eigenvalue weighted by Gasteiger charge is -2.52. The summed E-state index contributed by atoms with van der Waals surface area (Å²) in [5.41, 5.74) is 1.70. The van der Waals surface area contributed by atoms with E-state index in [0.717, 1.165) is 79.9 Å². The van der Waals surface area contributed by atoms with Gasteiger partial charge in [-0.15, -0.1) is 0 Å². The van der Waals surface area contributed by atoms with Crippen LogP contribution in [-0.4, -0.2) is 40.8 Å². The maximum atomic E-state index is 13.9. The van der Waals surface area contributed by atoms with E-state index in [2.05, 4.69) is 10.3 Å². The van der Waals surface area contributed by atoms with Gasteiger partial charge in [0.2, 0.25) is 12.3 Å². The summed E-state index contributed by atoms with van der Waals surface area (Å²) < 4.78 is 44.1. The van der Waals surface area contributed by atoms with Crippen LogP contribution in [0.3, 0.4) is 0 Å². The van der Waals surface area contributed by atoms with E-state index < -0.39 is 17.9 Å². The van der Waals surface area contributed by atoms with Gasteiger partial charge < -0.3 is 18.7 Å². The van der Waals surface area contributed by atoms with Crippen molar-refractivity contribution in [1.29, 1.82) is 0 Å². The van der Waals surface area contributed by atoms with Gasteiger partial charge in [-0.1, -0.05) is 22.4 Å². The Morgan fingerprint density at radius 3 is 2.48 bits per heavy atom. The molecule has 1 amide bonds. The summed E-state index contributed by atoms with van der Waals surface area (Å²) in [4.78, 5) is 20.5. The largest absolute Gasteiger partial charge is 0.364 e. The Bertz CT molecular complexity index is 1450. The molecule has 42 heavy (non-hydrogen) atoms. The summed E-state index contributed by atoms with van der Waals surface area (Å²) >= 11 is 0. The molecule has 0 atom stereocenters. The number of fused-ring (bicyclic) bond motifs is 3. The molecule has 2 aliphatic heterocycles. The molecule has 9 rings (SSSR count). The summed E-state index contributed by atoms with van der Waals surface area (Å²) in [6.45, 7) is 1.02. The van der Waals surface area contributed by atoms with Gasteiger partial charge >= 0.3 is 0 Å². The molecule has 8 nitrogen and oxygen atoms in total. The number of ether oxygens (including phenoxy) is 1. The van der Waals surface area contributed by atoms with Crippen LogP contribution in [0.1, 0.15) is 99.9 Å². The zero-order valence-corrected chi connectivity index (χ0v) is 23.6. The fourth-order valence-corrected chi connectivity index (χ4v) is 7.17. The maximum absolute atomic E-state index is 13.9. The van der Waals surface area contributed by atoms with Crippen LogP contribution in [0.15, 0.2) is 39.4 Å². The molecule has 2 aromatic heterocycles. The number of hydrogen-bond acceptors (Lipinski definition) is 7. The average molecular weight is 579 g/mol. The summed E-state index contributed by atoms with van der Waals surface area (Å²) in [5, 5.41) is 8.52. The topological polar surface area (TPSA) is 94.5 Å². The first-order valence-corrected chi connectivity index (χ1v) is 15.5. The van der Waals surface area contributed by atoms with E-state index in [1.807, 2.05) is 35.2 Å². The van der Waals surface area contributed by atoms with Crippen LogP contribution in [0, 0.1) is 17.3 Å². The van der Waals surface area contributed by atoms with Crippen molar-refractivity contribution in [3.8, 4) is 11.3 Å². The molecular weight excluding hydrogens is 542 g/mol. The van der Waals surface area contributed by atoms with Crippen LogP contribution in [0.4, 0.5) is 14.5 Å². The van der Waals surface area contributed by atoms with E-state index in [1.54, 1.807) is 0 Å². The average Bonchev–Trinajstić information content (AvgIpc) is 3.92. The molecule has 0 N–H and O–H groups in total. The molecule has 4 aliphatic carbocycles. The summed E-state index contributed by atoms with van der Waals surface area (Å²) in [5.74, 6) is 2.57. The number of alkyl halides is 2. The van der Waals surface area contributed by atoms with Crippen molar-refractivity contribution in [3.05, 3.63) is 47.8 Å². The van der Waals surface area contributed by atoms with Crippen LogP contribution in [-0.2, 0) is 15.1 Å². The molecule has 0 spiro atoms. The van der Waals surface area contributed by atoms with Crippen LogP contribution in [0.2, 0.25) is 0 Å². The highest BCUT2D eigenvalue weighted by Crippen LogP contribution is 2.54. The lowest BCUT2D eigenvalue weighted by Crippen LogP contribution is -2.55. The van der Waals surface area contributed by atoms with Gasteiger partial charge in [0, 0.05) is 53.5 Å². The molecule has 222 valence electrons. The number of carbonyl (C=O) groups excluding carboxylic acids is 1. The number of anilines is 1. The normalized spacial score (nSPS) is 30.5. The quantitative estimate of drug-likeness (QED) is 0.256. The number of amides is 1. The zero-order chi connectivity index (χ0) is 28.5. The number of hydrogen-bond donors (Lipinski definition) is 0. The number of halogens is 2. The van der Waals surface area contributed by atoms with Crippen LogP contribution in [0.5, 0.6) is 0 Å². The maximum Gasteiger partial charge on any atom is 0.258 e. The highest BCUT2D eigenvalue weighted by Gasteiger charge is 2.54. The molecule has 0 radical (unpaired) electrons. The minimum absolute atomic E-state index is 0.00359. The number of carbonyl (C=O) groups is 1. The third-order valence-electron chi connectivity index (χ3n) is 10.4. The lowest BCUT2D eigenvalue weighted by molar-refractivity contribution is -0.198. The van der Waals surface area contributed by atoms with E-state index >= 15 is 0 Å².